The summed E-state index contributed by atoms with van der Waals surface area (Å²) in [5, 5.41) is 9.68. The second kappa shape index (κ2) is 66.8. The minimum Gasteiger partial charge on any atom is -0.462 e. The van der Waals surface area contributed by atoms with Crippen LogP contribution in [0.2, 0.25) is 0 Å². The lowest BCUT2D eigenvalue weighted by Crippen LogP contribution is -2.28. The molecule has 0 aromatic carbocycles. The molecular weight excluding hydrogens is 945 g/mol. The SMILES string of the molecule is CC/C=C\C/C=C\C/C=C\C/C=C\C/C=C\C/C=C\C/C=C\C/C=C\C/C=C\CCCCCC(=O)OC(CO)COC(=O)CCCCCCCCCCCCCCCCCCCCCCCCCCCCCCCCCC. The molecule has 1 N–H and O–H groups in total. The van der Waals surface area contributed by atoms with Gasteiger partial charge in [0, 0.05) is 12.8 Å². The first-order valence-electron chi connectivity index (χ1n) is 32.9. The Balaban J connectivity index is 3.53. The first-order chi connectivity index (χ1) is 38.1. The molecule has 1 atom stereocenters. The molecule has 0 aromatic heterocycles. The molecule has 0 aliphatic heterocycles. The molecule has 0 aliphatic carbocycles. The number of hydrogen-bond acceptors (Lipinski definition) is 5. The van der Waals surface area contributed by atoms with Crippen LogP contribution in [0.4, 0.5) is 0 Å². The average Bonchev–Trinajstić information content (AvgIpc) is 3.43. The van der Waals surface area contributed by atoms with Crippen LogP contribution in [0.1, 0.15) is 316 Å². The normalized spacial score (nSPS) is 12.9. The van der Waals surface area contributed by atoms with Gasteiger partial charge < -0.3 is 14.6 Å². The molecule has 0 heterocycles. The highest BCUT2D eigenvalue weighted by Crippen LogP contribution is 2.18. The van der Waals surface area contributed by atoms with E-state index in [0.29, 0.717) is 12.8 Å². The zero-order valence-corrected chi connectivity index (χ0v) is 50.7. The molecule has 0 fully saturated rings. The van der Waals surface area contributed by atoms with Crippen LogP contribution < -0.4 is 0 Å². The van der Waals surface area contributed by atoms with Gasteiger partial charge in [0.25, 0.3) is 0 Å². The Morgan fingerprint density at radius 3 is 0.844 bits per heavy atom. The highest BCUT2D eigenvalue weighted by molar-refractivity contribution is 5.70. The number of carbonyl (C=O) groups is 2. The number of unbranched alkanes of at least 4 members (excludes halogenated alkanes) is 34. The van der Waals surface area contributed by atoms with E-state index in [1.54, 1.807) is 0 Å². The van der Waals surface area contributed by atoms with Gasteiger partial charge in [-0.15, -0.1) is 0 Å². The number of aliphatic hydroxyl groups excluding tert-OH is 1. The molecule has 0 aliphatic rings. The van der Waals surface area contributed by atoms with E-state index < -0.39 is 6.10 Å². The Morgan fingerprint density at radius 2 is 0.558 bits per heavy atom. The lowest BCUT2D eigenvalue weighted by atomic mass is 10.0. The van der Waals surface area contributed by atoms with Gasteiger partial charge in [0.15, 0.2) is 6.10 Å². The van der Waals surface area contributed by atoms with Crippen molar-refractivity contribution in [2.24, 2.45) is 0 Å². The first kappa shape index (κ1) is 73.6. The van der Waals surface area contributed by atoms with Crippen LogP contribution in [0.3, 0.4) is 0 Å². The Hall–Kier alpha value is -3.44. The number of ether oxygens (including phenoxy) is 2. The van der Waals surface area contributed by atoms with E-state index >= 15 is 0 Å². The maximum absolute atomic E-state index is 12.3. The summed E-state index contributed by atoms with van der Waals surface area (Å²) < 4.78 is 10.7. The number of esters is 2. The quantitative estimate of drug-likeness (QED) is 0.0373. The van der Waals surface area contributed by atoms with Gasteiger partial charge in [-0.25, -0.2) is 0 Å². The van der Waals surface area contributed by atoms with E-state index in [0.717, 1.165) is 103 Å². The summed E-state index contributed by atoms with van der Waals surface area (Å²) in [5.74, 6) is -0.623. The van der Waals surface area contributed by atoms with E-state index in [1.807, 2.05) is 0 Å². The van der Waals surface area contributed by atoms with Gasteiger partial charge in [0.1, 0.15) is 6.61 Å². The first-order valence-corrected chi connectivity index (χ1v) is 32.9. The van der Waals surface area contributed by atoms with Crippen molar-refractivity contribution in [3.05, 3.63) is 109 Å². The average molecular weight is 1070 g/mol. The maximum atomic E-state index is 12.3. The highest BCUT2D eigenvalue weighted by atomic mass is 16.6. The fourth-order valence-electron chi connectivity index (χ4n) is 9.43. The molecular formula is C72H124O5. The summed E-state index contributed by atoms with van der Waals surface area (Å²) in [5.41, 5.74) is 0. The molecule has 1 unspecified atom stereocenters. The van der Waals surface area contributed by atoms with E-state index in [-0.39, 0.29) is 25.2 Å². The fraction of sp³-hybridized carbons (Fsp3) is 0.722. The van der Waals surface area contributed by atoms with Crippen LogP contribution in [0, 0.1) is 0 Å². The van der Waals surface area contributed by atoms with Crippen molar-refractivity contribution in [3.8, 4) is 0 Å². The Kier molecular flexibility index (Phi) is 63.9. The van der Waals surface area contributed by atoms with Crippen molar-refractivity contribution in [1.29, 1.82) is 0 Å². The van der Waals surface area contributed by atoms with Gasteiger partial charge in [-0.1, -0.05) is 329 Å². The van der Waals surface area contributed by atoms with Crippen LogP contribution in [0.25, 0.3) is 0 Å². The van der Waals surface area contributed by atoms with Crippen LogP contribution in [-0.4, -0.2) is 36.4 Å². The van der Waals surface area contributed by atoms with Crippen LogP contribution in [-0.2, 0) is 19.1 Å². The third-order valence-electron chi connectivity index (χ3n) is 14.3. The number of allylic oxidation sites excluding steroid dienone is 18. The molecule has 77 heavy (non-hydrogen) atoms. The van der Waals surface area contributed by atoms with Gasteiger partial charge in [-0.05, 0) is 83.5 Å². The van der Waals surface area contributed by atoms with Gasteiger partial charge >= 0.3 is 11.9 Å². The molecule has 0 rings (SSSR count). The Labute approximate surface area is 478 Å². The maximum Gasteiger partial charge on any atom is 0.306 e. The summed E-state index contributed by atoms with van der Waals surface area (Å²) in [4.78, 5) is 24.6. The molecule has 0 saturated carbocycles. The molecule has 0 aromatic rings. The summed E-state index contributed by atoms with van der Waals surface area (Å²) in [6, 6.07) is 0. The van der Waals surface area contributed by atoms with Crippen LogP contribution in [0.15, 0.2) is 109 Å². The standard InChI is InChI=1S/C72H124O5/c1-3-5-7-9-11-13-15-17-19-21-23-25-27-29-31-33-35-37-38-40-42-44-46-48-50-52-54-56-58-60-62-64-66-71(74)76-69-70(68-73)77-72(75)67-65-63-61-59-57-55-53-51-49-47-45-43-41-39-36-34-32-30-28-26-24-22-20-18-16-14-12-10-8-6-4-2/h6,8,12,14,18,20,24,26,30,32,36,39,43,45,49,51,55,57,70,73H,3-5,7,9-11,13,15-17,19,21-23,25,27-29,31,33-35,37-38,40-42,44,46-48,50,52-54,56,58-69H2,1-2H3/b8-6-,14-12-,20-18-,26-24-,32-30-,39-36-,45-43-,51-49-,57-55-. The predicted molar refractivity (Wildman–Crippen MR) is 339 cm³/mol. The third kappa shape index (κ3) is 65.0. The van der Waals surface area contributed by atoms with Gasteiger partial charge in [0.05, 0.1) is 6.61 Å². The fourth-order valence-corrected chi connectivity index (χ4v) is 9.43. The van der Waals surface area contributed by atoms with Gasteiger partial charge in [0.2, 0.25) is 0 Å². The molecule has 0 bridgehead atoms. The minimum atomic E-state index is -0.797. The van der Waals surface area contributed by atoms with Crippen molar-refractivity contribution >= 4 is 11.9 Å². The van der Waals surface area contributed by atoms with E-state index in [4.69, 9.17) is 9.47 Å². The predicted octanol–water partition coefficient (Wildman–Crippen LogP) is 22.8. The zero-order valence-electron chi connectivity index (χ0n) is 50.7. The summed E-state index contributed by atoms with van der Waals surface area (Å²) >= 11 is 0. The van der Waals surface area contributed by atoms with Crippen molar-refractivity contribution < 1.29 is 24.2 Å². The largest absolute Gasteiger partial charge is 0.462 e. The van der Waals surface area contributed by atoms with Crippen LogP contribution >= 0.6 is 0 Å². The molecule has 0 amide bonds. The Bertz CT molecular complexity index is 1490. The van der Waals surface area contributed by atoms with E-state index in [1.165, 1.54) is 186 Å². The van der Waals surface area contributed by atoms with Crippen molar-refractivity contribution in [2.45, 2.75) is 322 Å². The third-order valence-corrected chi connectivity index (χ3v) is 14.3. The molecule has 0 spiro atoms. The lowest BCUT2D eigenvalue weighted by molar-refractivity contribution is -0.161. The zero-order chi connectivity index (χ0) is 55.5. The number of carbonyl (C=O) groups excluding carboxylic acids is 2. The second-order valence-electron chi connectivity index (χ2n) is 21.8. The summed E-state index contributed by atoms with van der Waals surface area (Å²) in [7, 11) is 0. The highest BCUT2D eigenvalue weighted by Gasteiger charge is 2.16. The van der Waals surface area contributed by atoms with Crippen molar-refractivity contribution in [2.75, 3.05) is 13.2 Å². The molecule has 0 radical (unpaired) electrons. The monoisotopic (exact) mass is 1070 g/mol. The molecule has 0 saturated heterocycles. The lowest BCUT2D eigenvalue weighted by Gasteiger charge is -2.15. The van der Waals surface area contributed by atoms with Crippen molar-refractivity contribution in [3.63, 3.8) is 0 Å². The second-order valence-corrected chi connectivity index (χ2v) is 21.8. The van der Waals surface area contributed by atoms with Crippen LogP contribution in [0.5, 0.6) is 0 Å². The number of rotatable bonds is 60. The topological polar surface area (TPSA) is 72.8 Å². The van der Waals surface area contributed by atoms with Gasteiger partial charge in [-0.2, -0.15) is 0 Å². The molecule has 5 heteroatoms. The summed E-state index contributed by atoms with van der Waals surface area (Å²) in [6.07, 6.45) is 96.8. The van der Waals surface area contributed by atoms with E-state index in [9.17, 15) is 14.7 Å². The van der Waals surface area contributed by atoms with Crippen molar-refractivity contribution in [1.82, 2.24) is 0 Å². The number of aliphatic hydroxyl groups is 1. The molecule has 5 nitrogen and oxygen atoms in total. The number of hydrogen-bond donors (Lipinski definition) is 1. The van der Waals surface area contributed by atoms with Gasteiger partial charge in [-0.3, -0.25) is 9.59 Å². The minimum absolute atomic E-state index is 0.0828. The Morgan fingerprint density at radius 1 is 0.312 bits per heavy atom. The van der Waals surface area contributed by atoms with E-state index in [2.05, 4.69) is 123 Å². The smallest absolute Gasteiger partial charge is 0.306 e. The molecule has 442 valence electrons. The summed E-state index contributed by atoms with van der Waals surface area (Å²) in [6.45, 7) is 4.03.